The van der Waals surface area contributed by atoms with Crippen LogP contribution in [-0.2, 0) is 0 Å². The molecule has 0 bridgehead atoms. The summed E-state index contributed by atoms with van der Waals surface area (Å²) in [7, 11) is 0. The number of fused-ring (bicyclic) bond motifs is 1. The van der Waals surface area contributed by atoms with Gasteiger partial charge in [0, 0.05) is 19.1 Å². The first-order valence-electron chi connectivity index (χ1n) is 10.5. The average molecular weight is 420 g/mol. The van der Waals surface area contributed by atoms with E-state index in [0.717, 1.165) is 25.9 Å². The van der Waals surface area contributed by atoms with Crippen molar-refractivity contribution in [3.63, 3.8) is 0 Å². The van der Waals surface area contributed by atoms with Gasteiger partial charge >= 0.3 is 0 Å². The Hall–Kier alpha value is -3.69. The van der Waals surface area contributed by atoms with Gasteiger partial charge in [0.25, 0.3) is 5.91 Å². The van der Waals surface area contributed by atoms with E-state index in [9.17, 15) is 4.79 Å². The molecule has 0 aromatic carbocycles. The van der Waals surface area contributed by atoms with E-state index in [1.54, 1.807) is 29.3 Å². The zero-order valence-corrected chi connectivity index (χ0v) is 17.5. The number of pyridine rings is 1. The quantitative estimate of drug-likeness (QED) is 0.506. The van der Waals surface area contributed by atoms with Crippen LogP contribution in [0, 0.1) is 0 Å². The van der Waals surface area contributed by atoms with Crippen LogP contribution in [0.15, 0.2) is 35.1 Å². The number of carbonyl (C=O) groups is 1. The van der Waals surface area contributed by atoms with E-state index in [-0.39, 0.29) is 11.9 Å². The predicted molar refractivity (Wildman–Crippen MR) is 116 cm³/mol. The second-order valence-electron chi connectivity index (χ2n) is 7.94. The monoisotopic (exact) mass is 420 g/mol. The highest BCUT2D eigenvalue weighted by Crippen LogP contribution is 2.27. The second-order valence-corrected chi connectivity index (χ2v) is 7.94. The maximum Gasteiger partial charge on any atom is 0.258 e. The highest BCUT2D eigenvalue weighted by molar-refractivity contribution is 6.12. The minimum absolute atomic E-state index is 0.0918. The molecular formula is C21H24N8O2. The highest BCUT2D eigenvalue weighted by atomic mass is 16.3. The Bertz CT molecular complexity index is 1200. The van der Waals surface area contributed by atoms with E-state index in [4.69, 9.17) is 9.40 Å². The number of aromatic nitrogens is 6. The number of anilines is 2. The zero-order valence-electron chi connectivity index (χ0n) is 17.5. The number of carbonyl (C=O) groups excluding carboxylic acids is 1. The third kappa shape index (κ3) is 3.65. The van der Waals surface area contributed by atoms with Crippen LogP contribution in [0.3, 0.4) is 0 Å². The van der Waals surface area contributed by atoms with Crippen LogP contribution >= 0.6 is 0 Å². The molecule has 0 atom stereocenters. The number of hydrogen-bond donors (Lipinski definition) is 2. The topological polar surface area (TPSA) is 118 Å². The SMILES string of the molecule is CC(C)n1ncc2c(C(=O)Nc3nc(N4CCCCC4)n[nH]3)cc(-c3ccco3)nc21. The van der Waals surface area contributed by atoms with Crippen molar-refractivity contribution < 1.29 is 9.21 Å². The maximum atomic E-state index is 13.2. The summed E-state index contributed by atoms with van der Waals surface area (Å²) in [6.45, 7) is 5.89. The van der Waals surface area contributed by atoms with Gasteiger partial charge < -0.3 is 9.32 Å². The molecule has 1 amide bonds. The average Bonchev–Trinajstić information content (AvgIpc) is 3.53. The number of H-pyrrole nitrogens is 1. The number of nitrogens with zero attached hydrogens (tertiary/aromatic N) is 6. The van der Waals surface area contributed by atoms with Crippen molar-refractivity contribution in [1.82, 2.24) is 29.9 Å². The molecular weight excluding hydrogens is 396 g/mol. The molecule has 0 radical (unpaired) electrons. The Balaban J connectivity index is 1.49. The first kappa shape index (κ1) is 19.3. The van der Waals surface area contributed by atoms with Gasteiger partial charge in [-0.3, -0.25) is 10.1 Å². The number of piperidine rings is 1. The fourth-order valence-electron chi connectivity index (χ4n) is 3.85. The van der Waals surface area contributed by atoms with Gasteiger partial charge in [-0.2, -0.15) is 10.1 Å². The van der Waals surface area contributed by atoms with Crippen LogP contribution in [0.5, 0.6) is 0 Å². The first-order chi connectivity index (χ1) is 15.1. The van der Waals surface area contributed by atoms with Crippen LogP contribution in [-0.4, -0.2) is 48.9 Å². The molecule has 0 spiro atoms. The second kappa shape index (κ2) is 7.86. The molecule has 5 heterocycles. The Morgan fingerprint density at radius 1 is 1.23 bits per heavy atom. The molecule has 31 heavy (non-hydrogen) atoms. The normalized spacial score (nSPS) is 14.5. The Labute approximate surface area is 178 Å². The first-order valence-corrected chi connectivity index (χ1v) is 10.5. The van der Waals surface area contributed by atoms with Gasteiger partial charge in [0.2, 0.25) is 11.9 Å². The molecule has 160 valence electrons. The molecule has 1 aliphatic heterocycles. The van der Waals surface area contributed by atoms with Crippen LogP contribution in [0.1, 0.15) is 49.5 Å². The van der Waals surface area contributed by atoms with E-state index >= 15 is 0 Å². The molecule has 4 aromatic heterocycles. The fraction of sp³-hybridized carbons (Fsp3) is 0.381. The van der Waals surface area contributed by atoms with Crippen LogP contribution in [0.25, 0.3) is 22.5 Å². The van der Waals surface area contributed by atoms with Crippen molar-refractivity contribution in [2.24, 2.45) is 0 Å². The molecule has 0 aliphatic carbocycles. The summed E-state index contributed by atoms with van der Waals surface area (Å²) >= 11 is 0. The number of hydrogen-bond acceptors (Lipinski definition) is 7. The van der Waals surface area contributed by atoms with Gasteiger partial charge in [0.1, 0.15) is 5.69 Å². The molecule has 1 fully saturated rings. The van der Waals surface area contributed by atoms with Gasteiger partial charge in [-0.05, 0) is 51.3 Å². The lowest BCUT2D eigenvalue weighted by molar-refractivity contribution is 0.102. The lowest BCUT2D eigenvalue weighted by atomic mass is 10.1. The van der Waals surface area contributed by atoms with Crippen molar-refractivity contribution in [3.8, 4) is 11.5 Å². The van der Waals surface area contributed by atoms with Crippen molar-refractivity contribution >= 4 is 28.8 Å². The minimum Gasteiger partial charge on any atom is -0.463 e. The van der Waals surface area contributed by atoms with E-state index in [0.29, 0.717) is 39.9 Å². The summed E-state index contributed by atoms with van der Waals surface area (Å²) < 4.78 is 7.30. The summed E-state index contributed by atoms with van der Waals surface area (Å²) in [6.07, 6.45) is 6.73. The fourth-order valence-corrected chi connectivity index (χ4v) is 3.85. The lowest BCUT2D eigenvalue weighted by Crippen LogP contribution is -2.30. The van der Waals surface area contributed by atoms with Gasteiger partial charge in [0.05, 0.1) is 23.4 Å². The molecule has 4 aromatic rings. The smallest absolute Gasteiger partial charge is 0.258 e. The Kier molecular flexibility index (Phi) is 4.89. The van der Waals surface area contributed by atoms with Gasteiger partial charge in [0.15, 0.2) is 11.4 Å². The number of rotatable bonds is 5. The summed E-state index contributed by atoms with van der Waals surface area (Å²) in [5.41, 5.74) is 1.64. The van der Waals surface area contributed by atoms with E-state index in [2.05, 4.69) is 30.5 Å². The standard InChI is InChI=1S/C21H24N8O2/c1-13(2)29-18-15(12-22-29)14(11-16(23-18)17-7-6-10-31-17)19(30)24-20-25-21(27-26-20)28-8-4-3-5-9-28/h6-7,10-13H,3-5,8-9H2,1-2H3,(H2,24,25,26,27,30). The molecule has 0 saturated carbocycles. The summed E-state index contributed by atoms with van der Waals surface area (Å²) in [5.74, 6) is 1.19. The lowest BCUT2D eigenvalue weighted by Gasteiger charge is -2.24. The highest BCUT2D eigenvalue weighted by Gasteiger charge is 2.21. The van der Waals surface area contributed by atoms with Gasteiger partial charge in [-0.25, -0.2) is 14.8 Å². The molecule has 1 saturated heterocycles. The number of nitrogens with one attached hydrogen (secondary N) is 2. The summed E-state index contributed by atoms with van der Waals surface area (Å²) in [5, 5.41) is 15.0. The number of furan rings is 1. The van der Waals surface area contributed by atoms with E-state index in [1.807, 2.05) is 19.9 Å². The van der Waals surface area contributed by atoms with Crippen molar-refractivity contribution in [2.45, 2.75) is 39.2 Å². The van der Waals surface area contributed by atoms with Crippen LogP contribution < -0.4 is 10.2 Å². The molecule has 5 rings (SSSR count). The molecule has 0 unspecified atom stereocenters. The van der Waals surface area contributed by atoms with Crippen molar-refractivity contribution in [3.05, 3.63) is 36.2 Å². The van der Waals surface area contributed by atoms with Crippen molar-refractivity contribution in [1.29, 1.82) is 0 Å². The molecule has 10 nitrogen and oxygen atoms in total. The van der Waals surface area contributed by atoms with E-state index in [1.165, 1.54) is 6.42 Å². The third-order valence-corrected chi connectivity index (χ3v) is 5.42. The van der Waals surface area contributed by atoms with Crippen LogP contribution in [0.2, 0.25) is 0 Å². The Morgan fingerprint density at radius 2 is 2.06 bits per heavy atom. The van der Waals surface area contributed by atoms with Crippen molar-refractivity contribution in [2.75, 3.05) is 23.3 Å². The number of aromatic amines is 1. The van der Waals surface area contributed by atoms with E-state index < -0.39 is 0 Å². The van der Waals surface area contributed by atoms with Gasteiger partial charge in [-0.1, -0.05) is 0 Å². The minimum atomic E-state index is -0.315. The maximum absolute atomic E-state index is 13.2. The van der Waals surface area contributed by atoms with Crippen LogP contribution in [0.4, 0.5) is 11.9 Å². The zero-order chi connectivity index (χ0) is 21.4. The van der Waals surface area contributed by atoms with Gasteiger partial charge in [-0.15, -0.1) is 5.10 Å². The number of amides is 1. The summed E-state index contributed by atoms with van der Waals surface area (Å²) in [6, 6.07) is 5.41. The summed E-state index contributed by atoms with van der Waals surface area (Å²) in [4.78, 5) is 24.5. The molecule has 10 heteroatoms. The Morgan fingerprint density at radius 3 is 2.81 bits per heavy atom. The molecule has 2 N–H and O–H groups in total. The largest absolute Gasteiger partial charge is 0.463 e. The predicted octanol–water partition coefficient (Wildman–Crippen LogP) is 3.63. The third-order valence-electron chi connectivity index (χ3n) is 5.42. The molecule has 1 aliphatic rings.